The maximum atomic E-state index is 14.3. The zero-order chi connectivity index (χ0) is 14.7. The van der Waals surface area contributed by atoms with Gasteiger partial charge in [-0.3, -0.25) is 0 Å². The van der Waals surface area contributed by atoms with Crippen LogP contribution in [-0.2, 0) is 5.88 Å². The molecule has 1 aromatic heterocycles. The van der Waals surface area contributed by atoms with E-state index in [4.69, 9.17) is 11.6 Å². The second-order valence-corrected chi connectivity index (χ2v) is 5.32. The summed E-state index contributed by atoms with van der Waals surface area (Å²) >= 11 is 5.75. The molecule has 0 saturated carbocycles. The molecule has 0 unspecified atom stereocenters. The van der Waals surface area contributed by atoms with Crippen molar-refractivity contribution >= 4 is 23.1 Å². The largest absolute Gasteiger partial charge is 0.368 e. The van der Waals surface area contributed by atoms with Crippen LogP contribution in [0.15, 0.2) is 42.6 Å². The van der Waals surface area contributed by atoms with Crippen molar-refractivity contribution in [2.75, 3.05) is 36.0 Å². The fourth-order valence-electron chi connectivity index (χ4n) is 2.61. The molecular weight excluding hydrogens is 289 g/mol. The number of anilines is 2. The van der Waals surface area contributed by atoms with Crippen LogP contribution < -0.4 is 9.80 Å². The fourth-order valence-corrected chi connectivity index (χ4v) is 2.82. The van der Waals surface area contributed by atoms with Crippen molar-refractivity contribution in [1.29, 1.82) is 0 Å². The molecule has 0 amide bonds. The lowest BCUT2D eigenvalue weighted by molar-refractivity contribution is 0.581. The molecule has 1 fully saturated rings. The summed E-state index contributed by atoms with van der Waals surface area (Å²) in [7, 11) is 0. The van der Waals surface area contributed by atoms with Gasteiger partial charge in [0.15, 0.2) is 11.6 Å². The average Bonchev–Trinajstić information content (AvgIpc) is 2.56. The Hall–Kier alpha value is -1.81. The Labute approximate surface area is 129 Å². The van der Waals surface area contributed by atoms with Gasteiger partial charge >= 0.3 is 0 Å². The van der Waals surface area contributed by atoms with Gasteiger partial charge in [0.1, 0.15) is 0 Å². The molecule has 1 saturated heterocycles. The predicted molar refractivity (Wildman–Crippen MR) is 84.6 cm³/mol. The number of rotatable bonds is 3. The van der Waals surface area contributed by atoms with Crippen LogP contribution in [0.5, 0.6) is 0 Å². The first-order valence-electron chi connectivity index (χ1n) is 7.04. The molecule has 3 rings (SSSR count). The van der Waals surface area contributed by atoms with Crippen molar-refractivity contribution in [1.82, 2.24) is 4.98 Å². The Kier molecular flexibility index (Phi) is 4.25. The van der Waals surface area contributed by atoms with E-state index in [1.807, 2.05) is 23.1 Å². The van der Waals surface area contributed by atoms with Gasteiger partial charge in [-0.1, -0.05) is 18.2 Å². The SMILES string of the molecule is Fc1c(CCl)ccnc1N1CCN(c2ccccc2)CC1. The third-order valence-corrected chi connectivity index (χ3v) is 4.08. The monoisotopic (exact) mass is 305 g/mol. The van der Waals surface area contributed by atoms with Crippen LogP contribution in [-0.4, -0.2) is 31.2 Å². The molecule has 5 heteroatoms. The van der Waals surface area contributed by atoms with E-state index in [-0.39, 0.29) is 11.7 Å². The van der Waals surface area contributed by atoms with E-state index < -0.39 is 0 Å². The van der Waals surface area contributed by atoms with Gasteiger partial charge in [0.05, 0.1) is 5.88 Å². The van der Waals surface area contributed by atoms with Crippen LogP contribution in [0.4, 0.5) is 15.9 Å². The second-order valence-electron chi connectivity index (χ2n) is 5.05. The van der Waals surface area contributed by atoms with Crippen molar-refractivity contribution in [2.24, 2.45) is 0 Å². The van der Waals surface area contributed by atoms with E-state index in [0.717, 1.165) is 26.2 Å². The molecule has 21 heavy (non-hydrogen) atoms. The first-order chi connectivity index (χ1) is 10.3. The Morgan fingerprint density at radius 1 is 1.00 bits per heavy atom. The smallest absolute Gasteiger partial charge is 0.170 e. The number of pyridine rings is 1. The van der Waals surface area contributed by atoms with Gasteiger partial charge in [-0.15, -0.1) is 11.6 Å². The minimum atomic E-state index is -0.291. The van der Waals surface area contributed by atoms with Crippen LogP contribution in [0.25, 0.3) is 0 Å². The summed E-state index contributed by atoms with van der Waals surface area (Å²) in [5.41, 5.74) is 1.72. The quantitative estimate of drug-likeness (QED) is 0.811. The molecule has 110 valence electrons. The minimum absolute atomic E-state index is 0.172. The molecule has 0 bridgehead atoms. The molecule has 0 aliphatic carbocycles. The molecule has 0 N–H and O–H groups in total. The summed E-state index contributed by atoms with van der Waals surface area (Å²) in [6, 6.07) is 11.9. The van der Waals surface area contributed by atoms with E-state index in [1.165, 1.54) is 5.69 Å². The molecule has 2 heterocycles. The van der Waals surface area contributed by atoms with E-state index in [1.54, 1.807) is 12.3 Å². The third kappa shape index (κ3) is 2.95. The Morgan fingerprint density at radius 2 is 1.67 bits per heavy atom. The molecule has 1 aromatic carbocycles. The highest BCUT2D eigenvalue weighted by atomic mass is 35.5. The Balaban J connectivity index is 1.72. The maximum absolute atomic E-state index is 14.3. The standard InChI is InChI=1S/C16H17ClFN3/c17-12-13-6-7-19-16(15(13)18)21-10-8-20(9-11-21)14-4-2-1-3-5-14/h1-7H,8-12H2. The van der Waals surface area contributed by atoms with E-state index in [0.29, 0.717) is 11.4 Å². The normalized spacial score (nSPS) is 15.3. The number of hydrogen-bond acceptors (Lipinski definition) is 3. The zero-order valence-electron chi connectivity index (χ0n) is 11.7. The highest BCUT2D eigenvalue weighted by Crippen LogP contribution is 2.23. The molecule has 1 aliphatic heterocycles. The summed E-state index contributed by atoms with van der Waals surface area (Å²) in [5, 5.41) is 0. The topological polar surface area (TPSA) is 19.4 Å². The predicted octanol–water partition coefficient (Wildman–Crippen LogP) is 3.29. The van der Waals surface area contributed by atoms with E-state index in [2.05, 4.69) is 22.0 Å². The highest BCUT2D eigenvalue weighted by Gasteiger charge is 2.21. The zero-order valence-corrected chi connectivity index (χ0v) is 12.4. The summed E-state index contributed by atoms with van der Waals surface area (Å²) in [5.74, 6) is 0.298. The van der Waals surface area contributed by atoms with E-state index in [9.17, 15) is 4.39 Å². The minimum Gasteiger partial charge on any atom is -0.368 e. The fraction of sp³-hybridized carbons (Fsp3) is 0.312. The van der Waals surface area contributed by atoms with Gasteiger partial charge < -0.3 is 9.80 Å². The van der Waals surface area contributed by atoms with Crippen molar-refractivity contribution in [2.45, 2.75) is 5.88 Å². The number of para-hydroxylation sites is 1. The second kappa shape index (κ2) is 6.31. The summed E-state index contributed by atoms with van der Waals surface area (Å²) in [4.78, 5) is 8.48. The number of hydrogen-bond donors (Lipinski definition) is 0. The Morgan fingerprint density at radius 3 is 2.33 bits per heavy atom. The van der Waals surface area contributed by atoms with Crippen LogP contribution in [0.3, 0.4) is 0 Å². The van der Waals surface area contributed by atoms with Crippen LogP contribution in [0, 0.1) is 5.82 Å². The third-order valence-electron chi connectivity index (χ3n) is 3.80. The number of piperazine rings is 1. The first-order valence-corrected chi connectivity index (χ1v) is 7.57. The lowest BCUT2D eigenvalue weighted by atomic mass is 10.2. The van der Waals surface area contributed by atoms with E-state index >= 15 is 0 Å². The van der Waals surface area contributed by atoms with Crippen LogP contribution in [0.2, 0.25) is 0 Å². The van der Waals surface area contributed by atoms with Crippen molar-refractivity contribution < 1.29 is 4.39 Å². The number of alkyl halides is 1. The van der Waals surface area contributed by atoms with Gasteiger partial charge in [-0.05, 0) is 18.2 Å². The van der Waals surface area contributed by atoms with Gasteiger partial charge in [-0.25, -0.2) is 9.37 Å². The van der Waals surface area contributed by atoms with Crippen molar-refractivity contribution in [3.05, 3.63) is 54.0 Å². The maximum Gasteiger partial charge on any atom is 0.170 e. The lowest BCUT2D eigenvalue weighted by Crippen LogP contribution is -2.47. The number of aromatic nitrogens is 1. The molecular formula is C16H17ClFN3. The average molecular weight is 306 g/mol. The van der Waals surface area contributed by atoms with Gasteiger partial charge in [0, 0.05) is 43.6 Å². The van der Waals surface area contributed by atoms with Crippen LogP contribution in [0.1, 0.15) is 5.56 Å². The van der Waals surface area contributed by atoms with Gasteiger partial charge in [0.25, 0.3) is 0 Å². The molecule has 0 atom stereocenters. The van der Waals surface area contributed by atoms with Crippen LogP contribution >= 0.6 is 11.6 Å². The van der Waals surface area contributed by atoms with Gasteiger partial charge in [0.2, 0.25) is 0 Å². The molecule has 2 aromatic rings. The summed E-state index contributed by atoms with van der Waals surface area (Å²) < 4.78 is 14.3. The Bertz CT molecular complexity index is 598. The van der Waals surface area contributed by atoms with Crippen molar-refractivity contribution in [3.63, 3.8) is 0 Å². The molecule has 3 nitrogen and oxygen atoms in total. The van der Waals surface area contributed by atoms with Gasteiger partial charge in [-0.2, -0.15) is 0 Å². The molecule has 0 radical (unpaired) electrons. The summed E-state index contributed by atoms with van der Waals surface area (Å²) in [6.45, 7) is 3.22. The molecule has 0 spiro atoms. The number of nitrogens with zero attached hydrogens (tertiary/aromatic N) is 3. The highest BCUT2D eigenvalue weighted by molar-refractivity contribution is 6.17. The summed E-state index contributed by atoms with van der Waals surface area (Å²) in [6.07, 6.45) is 1.62. The first kappa shape index (κ1) is 14.1. The number of benzene rings is 1. The lowest BCUT2D eigenvalue weighted by Gasteiger charge is -2.36. The molecule has 1 aliphatic rings. The number of halogens is 2. The van der Waals surface area contributed by atoms with Crippen molar-refractivity contribution in [3.8, 4) is 0 Å².